The SMILES string of the molecule is Cc1ccc(-c2nc(C(=O)NC3CCCCCC3)cs2)s1. The van der Waals surface area contributed by atoms with Crippen LogP contribution in [0.2, 0.25) is 0 Å². The summed E-state index contributed by atoms with van der Waals surface area (Å²) in [5, 5.41) is 5.97. The second-order valence-corrected chi connectivity index (χ2v) is 7.76. The van der Waals surface area contributed by atoms with Crippen molar-refractivity contribution in [2.45, 2.75) is 51.5 Å². The zero-order valence-corrected chi connectivity index (χ0v) is 13.9. The summed E-state index contributed by atoms with van der Waals surface area (Å²) in [5.41, 5.74) is 0.560. The molecule has 2 heterocycles. The number of rotatable bonds is 3. The minimum Gasteiger partial charge on any atom is -0.348 e. The van der Waals surface area contributed by atoms with Crippen molar-refractivity contribution in [2.75, 3.05) is 0 Å². The number of hydrogen-bond acceptors (Lipinski definition) is 4. The zero-order valence-electron chi connectivity index (χ0n) is 12.2. The normalized spacial score (nSPS) is 16.6. The van der Waals surface area contributed by atoms with Crippen molar-refractivity contribution in [2.24, 2.45) is 0 Å². The third-order valence-corrected chi connectivity index (χ3v) is 5.89. The summed E-state index contributed by atoms with van der Waals surface area (Å²) in [7, 11) is 0. The van der Waals surface area contributed by atoms with Crippen LogP contribution in [-0.4, -0.2) is 16.9 Å². The van der Waals surface area contributed by atoms with Crippen LogP contribution in [0.4, 0.5) is 0 Å². The molecular formula is C16H20N2OS2. The number of carbonyl (C=O) groups excluding carboxylic acids is 1. The van der Waals surface area contributed by atoms with Gasteiger partial charge in [-0.25, -0.2) is 4.98 Å². The molecule has 3 rings (SSSR count). The molecule has 112 valence electrons. The standard InChI is InChI=1S/C16H20N2OS2/c1-11-8-9-14(21-11)16-18-13(10-20-16)15(19)17-12-6-4-2-3-5-7-12/h8-10,12H,2-7H2,1H3,(H,17,19). The van der Waals surface area contributed by atoms with Crippen LogP contribution >= 0.6 is 22.7 Å². The van der Waals surface area contributed by atoms with E-state index in [-0.39, 0.29) is 5.91 Å². The first-order chi connectivity index (χ1) is 10.2. The van der Waals surface area contributed by atoms with E-state index in [0.29, 0.717) is 11.7 Å². The van der Waals surface area contributed by atoms with Crippen molar-refractivity contribution < 1.29 is 4.79 Å². The molecule has 1 aliphatic rings. The van der Waals surface area contributed by atoms with Gasteiger partial charge in [0.1, 0.15) is 10.7 Å². The van der Waals surface area contributed by atoms with Crippen LogP contribution in [0.3, 0.4) is 0 Å². The molecule has 0 spiro atoms. The van der Waals surface area contributed by atoms with Gasteiger partial charge in [-0.1, -0.05) is 25.7 Å². The lowest BCUT2D eigenvalue weighted by Gasteiger charge is -2.15. The molecule has 5 heteroatoms. The number of nitrogens with zero attached hydrogens (tertiary/aromatic N) is 1. The lowest BCUT2D eigenvalue weighted by Crippen LogP contribution is -2.34. The number of hydrogen-bond donors (Lipinski definition) is 1. The quantitative estimate of drug-likeness (QED) is 0.838. The van der Waals surface area contributed by atoms with Crippen LogP contribution in [0.5, 0.6) is 0 Å². The summed E-state index contributed by atoms with van der Waals surface area (Å²) in [6.45, 7) is 2.08. The minimum absolute atomic E-state index is 0.0160. The fourth-order valence-electron chi connectivity index (χ4n) is 2.72. The molecule has 0 atom stereocenters. The Morgan fingerprint density at radius 3 is 2.67 bits per heavy atom. The van der Waals surface area contributed by atoms with E-state index in [1.54, 1.807) is 22.7 Å². The zero-order chi connectivity index (χ0) is 14.7. The fraction of sp³-hybridized carbons (Fsp3) is 0.500. The number of thiazole rings is 1. The van der Waals surface area contributed by atoms with Crippen molar-refractivity contribution >= 4 is 28.6 Å². The maximum Gasteiger partial charge on any atom is 0.270 e. The number of amides is 1. The Labute approximate surface area is 133 Å². The van der Waals surface area contributed by atoms with Gasteiger partial charge >= 0.3 is 0 Å². The summed E-state index contributed by atoms with van der Waals surface area (Å²) >= 11 is 3.27. The van der Waals surface area contributed by atoms with Gasteiger partial charge in [-0.15, -0.1) is 22.7 Å². The molecule has 0 aliphatic heterocycles. The Hall–Kier alpha value is -1.20. The largest absolute Gasteiger partial charge is 0.348 e. The van der Waals surface area contributed by atoms with Crippen molar-refractivity contribution in [3.63, 3.8) is 0 Å². The van der Waals surface area contributed by atoms with Gasteiger partial charge in [0.25, 0.3) is 5.91 Å². The molecule has 2 aromatic rings. The molecule has 0 radical (unpaired) electrons. The predicted octanol–water partition coefficient (Wildman–Crippen LogP) is 4.63. The smallest absolute Gasteiger partial charge is 0.270 e. The third kappa shape index (κ3) is 3.71. The average Bonchev–Trinajstić information content (AvgIpc) is 3.04. The Morgan fingerprint density at radius 1 is 1.24 bits per heavy atom. The number of thiophene rings is 1. The van der Waals surface area contributed by atoms with Gasteiger partial charge in [0.05, 0.1) is 4.88 Å². The molecule has 0 bridgehead atoms. The highest BCUT2D eigenvalue weighted by Gasteiger charge is 2.18. The summed E-state index contributed by atoms with van der Waals surface area (Å²) in [6, 6.07) is 4.49. The van der Waals surface area contributed by atoms with Gasteiger partial charge in [-0.05, 0) is 31.9 Å². The van der Waals surface area contributed by atoms with Crippen molar-refractivity contribution in [3.8, 4) is 9.88 Å². The molecule has 2 aromatic heterocycles. The number of nitrogens with one attached hydrogen (secondary N) is 1. The summed E-state index contributed by atoms with van der Waals surface area (Å²) in [4.78, 5) is 19.2. The first-order valence-corrected chi connectivity index (χ1v) is 9.25. The summed E-state index contributed by atoms with van der Waals surface area (Å²) < 4.78 is 0. The molecule has 0 saturated heterocycles. The Bertz CT molecular complexity index is 609. The number of aromatic nitrogens is 1. The van der Waals surface area contributed by atoms with Crippen LogP contribution in [0.1, 0.15) is 53.9 Å². The predicted molar refractivity (Wildman–Crippen MR) is 89.1 cm³/mol. The van der Waals surface area contributed by atoms with Gasteiger partial charge in [-0.3, -0.25) is 4.79 Å². The summed E-state index contributed by atoms with van der Waals surface area (Å²) in [5.74, 6) is -0.0160. The van der Waals surface area contributed by atoms with Crippen LogP contribution in [-0.2, 0) is 0 Å². The number of aryl methyl sites for hydroxylation is 1. The van der Waals surface area contributed by atoms with E-state index in [4.69, 9.17) is 0 Å². The topological polar surface area (TPSA) is 42.0 Å². The Kier molecular flexibility index (Phi) is 4.70. The number of carbonyl (C=O) groups is 1. The van der Waals surface area contributed by atoms with Gasteiger partial charge < -0.3 is 5.32 Å². The second-order valence-electron chi connectivity index (χ2n) is 5.61. The van der Waals surface area contributed by atoms with E-state index in [9.17, 15) is 4.79 Å². The first-order valence-electron chi connectivity index (χ1n) is 7.55. The highest BCUT2D eigenvalue weighted by atomic mass is 32.1. The first kappa shape index (κ1) is 14.7. The molecule has 0 unspecified atom stereocenters. The van der Waals surface area contributed by atoms with Crippen LogP contribution in [0.25, 0.3) is 9.88 Å². The molecule has 1 aliphatic carbocycles. The molecule has 21 heavy (non-hydrogen) atoms. The molecule has 1 saturated carbocycles. The van der Waals surface area contributed by atoms with Crippen molar-refractivity contribution in [1.82, 2.24) is 10.3 Å². The van der Waals surface area contributed by atoms with E-state index in [1.807, 2.05) is 5.38 Å². The molecular weight excluding hydrogens is 300 g/mol. The monoisotopic (exact) mass is 320 g/mol. The highest BCUT2D eigenvalue weighted by Crippen LogP contribution is 2.30. The highest BCUT2D eigenvalue weighted by molar-refractivity contribution is 7.21. The third-order valence-electron chi connectivity index (χ3n) is 3.88. The van der Waals surface area contributed by atoms with E-state index >= 15 is 0 Å². The fourth-order valence-corrected chi connectivity index (χ4v) is 4.46. The average molecular weight is 320 g/mol. The van der Waals surface area contributed by atoms with Crippen LogP contribution in [0.15, 0.2) is 17.5 Å². The van der Waals surface area contributed by atoms with Crippen LogP contribution < -0.4 is 5.32 Å². The van der Waals surface area contributed by atoms with E-state index in [1.165, 1.54) is 30.6 Å². The minimum atomic E-state index is -0.0160. The lowest BCUT2D eigenvalue weighted by atomic mass is 10.1. The second kappa shape index (κ2) is 6.71. The molecule has 1 amide bonds. The van der Waals surface area contributed by atoms with Crippen molar-refractivity contribution in [1.29, 1.82) is 0 Å². The van der Waals surface area contributed by atoms with Crippen molar-refractivity contribution in [3.05, 3.63) is 28.1 Å². The maximum atomic E-state index is 12.3. The van der Waals surface area contributed by atoms with E-state index < -0.39 is 0 Å². The van der Waals surface area contributed by atoms with Gasteiger partial charge in [0.15, 0.2) is 0 Å². The lowest BCUT2D eigenvalue weighted by molar-refractivity contribution is 0.0929. The van der Waals surface area contributed by atoms with E-state index in [2.05, 4.69) is 29.4 Å². The summed E-state index contributed by atoms with van der Waals surface area (Å²) in [6.07, 6.45) is 7.25. The van der Waals surface area contributed by atoms with Gasteiger partial charge in [0.2, 0.25) is 0 Å². The van der Waals surface area contributed by atoms with Crippen LogP contribution in [0, 0.1) is 6.92 Å². The van der Waals surface area contributed by atoms with Gasteiger partial charge in [-0.2, -0.15) is 0 Å². The van der Waals surface area contributed by atoms with E-state index in [0.717, 1.165) is 22.7 Å². The van der Waals surface area contributed by atoms with Gasteiger partial charge in [0, 0.05) is 16.3 Å². The maximum absolute atomic E-state index is 12.3. The molecule has 1 fully saturated rings. The Balaban J connectivity index is 1.66. The Morgan fingerprint density at radius 2 is 2.00 bits per heavy atom. The molecule has 3 nitrogen and oxygen atoms in total. The molecule has 0 aromatic carbocycles. The molecule has 1 N–H and O–H groups in total.